The van der Waals surface area contributed by atoms with Gasteiger partial charge in [-0.3, -0.25) is 0 Å². The highest BCUT2D eigenvalue weighted by atomic mass is 35.5. The third kappa shape index (κ3) is 5.33. The third-order valence-electron chi connectivity index (χ3n) is 3.67. The molecule has 1 aromatic carbocycles. The zero-order valence-corrected chi connectivity index (χ0v) is 16.8. The monoisotopic (exact) mass is 410 g/mol. The zero-order valence-electron chi connectivity index (χ0n) is 14.4. The van der Waals surface area contributed by atoms with Crippen molar-refractivity contribution in [3.63, 3.8) is 0 Å². The normalized spacial score (nSPS) is 16.1. The van der Waals surface area contributed by atoms with Crippen molar-refractivity contribution in [2.24, 2.45) is 4.99 Å². The summed E-state index contributed by atoms with van der Waals surface area (Å²) >= 11 is 15.5. The number of ether oxygens (including phenoxy) is 1. The van der Waals surface area contributed by atoms with Crippen molar-refractivity contribution in [3.8, 4) is 11.3 Å². The van der Waals surface area contributed by atoms with Crippen LogP contribution in [0.15, 0.2) is 39.8 Å². The second-order valence-corrected chi connectivity index (χ2v) is 6.29. The standard InChI is InChI=1S/C15H16ClN3O2S.C2H3NS/c1-17-15(22)19-5-6-20-9-13(19)12-8-14(21-18-12)10-3-2-4-11(16)7-10;1-3-2-4/h2-4,7-8,13H,5-6,9H2,1H3,(H,17,22);1H3. The summed E-state index contributed by atoms with van der Waals surface area (Å²) in [6, 6.07) is 9.35. The quantitative estimate of drug-likeness (QED) is 0.599. The molecule has 6 nitrogen and oxygen atoms in total. The maximum atomic E-state index is 6.02. The summed E-state index contributed by atoms with van der Waals surface area (Å²) in [5, 5.41) is 10.7. The summed E-state index contributed by atoms with van der Waals surface area (Å²) in [6.45, 7) is 1.91. The smallest absolute Gasteiger partial charge is 0.169 e. The topological polar surface area (TPSA) is 62.9 Å². The Labute approximate surface area is 168 Å². The molecule has 1 aliphatic heterocycles. The van der Waals surface area contributed by atoms with Crippen LogP contribution in [-0.2, 0) is 4.74 Å². The Morgan fingerprint density at radius 1 is 1.46 bits per heavy atom. The predicted molar refractivity (Wildman–Crippen MR) is 110 cm³/mol. The minimum Gasteiger partial charge on any atom is -0.377 e. The van der Waals surface area contributed by atoms with Crippen LogP contribution >= 0.6 is 36.0 Å². The Bertz CT molecular complexity index is 793. The van der Waals surface area contributed by atoms with Gasteiger partial charge >= 0.3 is 0 Å². The number of thiocarbonyl (C=S) groups is 2. The lowest BCUT2D eigenvalue weighted by atomic mass is 10.1. The Balaban J connectivity index is 0.000000552. The van der Waals surface area contributed by atoms with Gasteiger partial charge in [0.15, 0.2) is 10.9 Å². The van der Waals surface area contributed by atoms with E-state index in [4.69, 9.17) is 33.1 Å². The second-order valence-electron chi connectivity index (χ2n) is 5.28. The molecule has 0 aliphatic carbocycles. The summed E-state index contributed by atoms with van der Waals surface area (Å²) in [7, 11) is 3.40. The van der Waals surface area contributed by atoms with E-state index < -0.39 is 0 Å². The van der Waals surface area contributed by atoms with E-state index in [1.54, 1.807) is 7.05 Å². The molecule has 1 unspecified atom stereocenters. The average Bonchev–Trinajstić information content (AvgIpc) is 3.17. The fourth-order valence-corrected chi connectivity index (χ4v) is 2.87. The SMILES string of the molecule is CN=C=S.CNC(=S)N1CCOCC1c1cc(-c2cccc(Cl)c2)on1. The molecular formula is C17H19ClN4O2S2. The van der Waals surface area contributed by atoms with E-state index in [1.165, 1.54) is 0 Å². The molecule has 1 atom stereocenters. The van der Waals surface area contributed by atoms with Crippen LogP contribution in [0.25, 0.3) is 11.3 Å². The van der Waals surface area contributed by atoms with E-state index in [0.717, 1.165) is 17.8 Å². The first-order chi connectivity index (χ1) is 12.6. The Morgan fingerprint density at radius 2 is 2.23 bits per heavy atom. The second kappa shape index (κ2) is 10.4. The summed E-state index contributed by atoms with van der Waals surface area (Å²) in [5.74, 6) is 0.679. The molecule has 1 aromatic heterocycles. The molecule has 26 heavy (non-hydrogen) atoms. The molecule has 2 heterocycles. The summed E-state index contributed by atoms with van der Waals surface area (Å²) in [5.41, 5.74) is 1.69. The van der Waals surface area contributed by atoms with Gasteiger partial charge < -0.3 is 19.5 Å². The van der Waals surface area contributed by atoms with E-state index in [1.807, 2.05) is 37.4 Å². The van der Waals surface area contributed by atoms with Gasteiger partial charge in [-0.2, -0.15) is 0 Å². The number of morpholine rings is 1. The molecule has 1 saturated heterocycles. The fourth-order valence-electron chi connectivity index (χ4n) is 2.46. The first kappa shape index (κ1) is 20.5. The molecule has 138 valence electrons. The van der Waals surface area contributed by atoms with E-state index in [9.17, 15) is 0 Å². The van der Waals surface area contributed by atoms with Crippen LogP contribution in [0.3, 0.4) is 0 Å². The van der Waals surface area contributed by atoms with Gasteiger partial charge in [0.25, 0.3) is 0 Å². The van der Waals surface area contributed by atoms with E-state index in [-0.39, 0.29) is 6.04 Å². The lowest BCUT2D eigenvalue weighted by molar-refractivity contribution is 0.0231. The number of benzene rings is 1. The molecule has 1 fully saturated rings. The van der Waals surface area contributed by atoms with Crippen molar-refractivity contribution in [1.29, 1.82) is 0 Å². The summed E-state index contributed by atoms with van der Waals surface area (Å²) < 4.78 is 11.0. The number of nitrogens with one attached hydrogen (secondary N) is 1. The van der Waals surface area contributed by atoms with Crippen LogP contribution in [0.2, 0.25) is 5.02 Å². The van der Waals surface area contributed by atoms with Crippen molar-refractivity contribution < 1.29 is 9.26 Å². The molecular weight excluding hydrogens is 392 g/mol. The summed E-state index contributed by atoms with van der Waals surface area (Å²) in [4.78, 5) is 5.37. The van der Waals surface area contributed by atoms with Crippen molar-refractivity contribution in [2.75, 3.05) is 33.9 Å². The average molecular weight is 411 g/mol. The Morgan fingerprint density at radius 3 is 2.88 bits per heavy atom. The van der Waals surface area contributed by atoms with Crippen LogP contribution in [0.4, 0.5) is 0 Å². The minimum absolute atomic E-state index is 0.0506. The van der Waals surface area contributed by atoms with E-state index >= 15 is 0 Å². The Kier molecular flexibility index (Phi) is 8.15. The third-order valence-corrected chi connectivity index (χ3v) is 4.53. The number of hydrogen-bond acceptors (Lipinski definition) is 6. The van der Waals surface area contributed by atoms with Gasteiger partial charge in [-0.25, -0.2) is 4.99 Å². The van der Waals surface area contributed by atoms with E-state index in [0.29, 0.717) is 29.1 Å². The number of aromatic nitrogens is 1. The molecule has 9 heteroatoms. The molecule has 2 aromatic rings. The number of aliphatic imine (C=N–C) groups is 1. The van der Waals surface area contributed by atoms with Gasteiger partial charge in [-0.05, 0) is 36.6 Å². The maximum Gasteiger partial charge on any atom is 0.169 e. The molecule has 0 amide bonds. The zero-order chi connectivity index (χ0) is 18.9. The molecule has 0 bridgehead atoms. The number of isothiocyanates is 1. The highest BCUT2D eigenvalue weighted by Crippen LogP contribution is 2.29. The van der Waals surface area contributed by atoms with E-state index in [2.05, 4.69) is 37.7 Å². The fraction of sp³-hybridized carbons (Fsp3) is 0.353. The highest BCUT2D eigenvalue weighted by Gasteiger charge is 2.29. The lowest BCUT2D eigenvalue weighted by Crippen LogP contribution is -2.47. The predicted octanol–water partition coefficient (Wildman–Crippen LogP) is 3.59. The number of halogens is 1. The highest BCUT2D eigenvalue weighted by molar-refractivity contribution is 7.80. The Hall–Kier alpha value is -1.83. The van der Waals surface area contributed by atoms with Crippen LogP contribution in [0.5, 0.6) is 0 Å². The molecule has 0 spiro atoms. The van der Waals surface area contributed by atoms with Gasteiger partial charge in [0.1, 0.15) is 11.7 Å². The van der Waals surface area contributed by atoms with Crippen LogP contribution < -0.4 is 5.32 Å². The molecule has 0 radical (unpaired) electrons. The van der Waals surface area contributed by atoms with Crippen molar-refractivity contribution >= 4 is 46.3 Å². The van der Waals surface area contributed by atoms with Gasteiger partial charge in [-0.1, -0.05) is 28.9 Å². The minimum atomic E-state index is -0.0506. The van der Waals surface area contributed by atoms with Crippen LogP contribution in [0, 0.1) is 0 Å². The molecule has 0 saturated carbocycles. The van der Waals surface area contributed by atoms with Gasteiger partial charge in [0, 0.05) is 37.3 Å². The van der Waals surface area contributed by atoms with Gasteiger partial charge in [0.2, 0.25) is 0 Å². The van der Waals surface area contributed by atoms with Crippen molar-refractivity contribution in [1.82, 2.24) is 15.4 Å². The van der Waals surface area contributed by atoms with Crippen molar-refractivity contribution in [3.05, 3.63) is 41.0 Å². The largest absolute Gasteiger partial charge is 0.377 e. The molecule has 3 rings (SSSR count). The molecule has 1 N–H and O–H groups in total. The maximum absolute atomic E-state index is 6.02. The number of hydrogen-bond donors (Lipinski definition) is 1. The van der Waals surface area contributed by atoms with Gasteiger partial charge in [0.05, 0.1) is 18.4 Å². The number of rotatable bonds is 2. The number of nitrogens with zero attached hydrogens (tertiary/aromatic N) is 3. The first-order valence-electron chi connectivity index (χ1n) is 7.85. The van der Waals surface area contributed by atoms with Gasteiger partial charge in [-0.15, -0.1) is 0 Å². The lowest BCUT2D eigenvalue weighted by Gasteiger charge is -2.35. The molecule has 1 aliphatic rings. The van der Waals surface area contributed by atoms with Crippen LogP contribution in [0.1, 0.15) is 11.7 Å². The first-order valence-corrected chi connectivity index (χ1v) is 9.04. The van der Waals surface area contributed by atoms with Crippen molar-refractivity contribution in [2.45, 2.75) is 6.04 Å². The summed E-state index contributed by atoms with van der Waals surface area (Å²) in [6.07, 6.45) is 0. The van der Waals surface area contributed by atoms with Crippen LogP contribution in [-0.4, -0.2) is 54.2 Å².